The molecule has 0 aromatic heterocycles. The summed E-state index contributed by atoms with van der Waals surface area (Å²) in [6, 6.07) is 68.0. The summed E-state index contributed by atoms with van der Waals surface area (Å²) in [5.74, 6) is 0. The monoisotopic (exact) mass is 790 g/mol. The molecule has 0 bridgehead atoms. The van der Waals surface area contributed by atoms with Crippen molar-refractivity contribution in [2.24, 2.45) is 0 Å². The van der Waals surface area contributed by atoms with Crippen molar-refractivity contribution in [3.05, 3.63) is 228 Å². The summed E-state index contributed by atoms with van der Waals surface area (Å²) in [6.07, 6.45) is 8.34. The van der Waals surface area contributed by atoms with Crippen LogP contribution in [0.5, 0.6) is 0 Å². The second-order valence-electron chi connectivity index (χ2n) is 15.9. The van der Waals surface area contributed by atoms with Crippen LogP contribution in [-0.2, 0) is 5.41 Å². The standard InChI is InChI=1S/C47H36N2.C10H12.C2H6/c1-47(2)43-14-8-9-15-45(43)49(40-12-4-3-5-13-40)46-25-21-36(31-44(46)47)35-20-24-42-38(29-35)18-17-37-28-32(16-23-41(37)42)26-27-48-39-22-19-33-10-6-7-11-34(33)30-39;1-3-6-10-8-5-4-7-9(10)2;1-2/h3-31,48H,1-2H3;3-8H,1-2H3;1-2H3/b27-26+;6-3-;. The lowest BCUT2D eigenvalue weighted by molar-refractivity contribution is 0.632. The predicted molar refractivity (Wildman–Crippen MR) is 268 cm³/mol. The lowest BCUT2D eigenvalue weighted by atomic mass is 9.73. The molecule has 0 saturated carbocycles. The molecule has 0 aliphatic carbocycles. The lowest BCUT2D eigenvalue weighted by Gasteiger charge is -2.42. The van der Waals surface area contributed by atoms with E-state index in [0.29, 0.717) is 0 Å². The van der Waals surface area contributed by atoms with Gasteiger partial charge in [-0.25, -0.2) is 0 Å². The minimum absolute atomic E-state index is 0.141. The molecular formula is C59H54N2. The molecule has 0 fully saturated rings. The molecule has 0 spiro atoms. The number of benzene rings is 9. The van der Waals surface area contributed by atoms with Gasteiger partial charge in [0.05, 0.1) is 11.4 Å². The van der Waals surface area contributed by atoms with Gasteiger partial charge in [0.15, 0.2) is 0 Å². The van der Waals surface area contributed by atoms with E-state index in [9.17, 15) is 0 Å². The Morgan fingerprint density at radius 1 is 0.492 bits per heavy atom. The summed E-state index contributed by atoms with van der Waals surface area (Å²) in [7, 11) is 0. The molecule has 0 radical (unpaired) electrons. The number of nitrogens with zero attached hydrogens (tertiary/aromatic N) is 1. The number of anilines is 4. The number of aryl methyl sites for hydroxylation is 1. The summed E-state index contributed by atoms with van der Waals surface area (Å²) in [6.45, 7) is 12.9. The zero-order valence-electron chi connectivity index (χ0n) is 36.2. The molecule has 0 amide bonds. The molecular weight excluding hydrogens is 737 g/mol. The Kier molecular flexibility index (Phi) is 12.0. The Morgan fingerprint density at radius 3 is 1.90 bits per heavy atom. The Labute approximate surface area is 362 Å². The smallest absolute Gasteiger partial charge is 0.0503 e. The number of fused-ring (bicyclic) bond motifs is 6. The highest BCUT2D eigenvalue weighted by Crippen LogP contribution is 2.52. The van der Waals surface area contributed by atoms with E-state index in [0.717, 1.165) is 5.69 Å². The molecule has 9 aromatic rings. The van der Waals surface area contributed by atoms with E-state index in [1.54, 1.807) is 0 Å². The molecule has 2 heteroatoms. The lowest BCUT2D eigenvalue weighted by Crippen LogP contribution is -2.30. The molecule has 0 atom stereocenters. The van der Waals surface area contributed by atoms with Gasteiger partial charge in [-0.05, 0) is 146 Å². The number of allylic oxidation sites excluding steroid dienone is 1. The van der Waals surface area contributed by atoms with Crippen LogP contribution in [0.1, 0.15) is 62.4 Å². The average Bonchev–Trinajstić information content (AvgIpc) is 3.31. The number of rotatable bonds is 6. The highest BCUT2D eigenvalue weighted by atomic mass is 15.2. The van der Waals surface area contributed by atoms with E-state index in [2.05, 4.69) is 237 Å². The fourth-order valence-electron chi connectivity index (χ4n) is 8.58. The average molecular weight is 791 g/mol. The van der Waals surface area contributed by atoms with E-state index in [-0.39, 0.29) is 5.41 Å². The second kappa shape index (κ2) is 18.0. The van der Waals surface area contributed by atoms with Crippen molar-refractivity contribution in [2.45, 2.75) is 47.0 Å². The second-order valence-corrected chi connectivity index (χ2v) is 15.9. The molecule has 1 aliphatic rings. The summed E-state index contributed by atoms with van der Waals surface area (Å²) >= 11 is 0. The highest BCUT2D eigenvalue weighted by Gasteiger charge is 2.36. The maximum absolute atomic E-state index is 3.44. The Hall–Kier alpha value is -7.16. The molecule has 1 heterocycles. The van der Waals surface area contributed by atoms with Gasteiger partial charge in [-0.15, -0.1) is 0 Å². The van der Waals surface area contributed by atoms with Crippen LogP contribution in [0, 0.1) is 6.92 Å². The Balaban J connectivity index is 0.000000375. The van der Waals surface area contributed by atoms with Gasteiger partial charge in [-0.2, -0.15) is 0 Å². The molecule has 0 unspecified atom stereocenters. The van der Waals surface area contributed by atoms with Crippen molar-refractivity contribution in [1.82, 2.24) is 0 Å². The molecule has 300 valence electrons. The fourth-order valence-corrected chi connectivity index (χ4v) is 8.58. The van der Waals surface area contributed by atoms with Gasteiger partial charge >= 0.3 is 0 Å². The van der Waals surface area contributed by atoms with Gasteiger partial charge < -0.3 is 10.2 Å². The topological polar surface area (TPSA) is 15.3 Å². The van der Waals surface area contributed by atoms with Crippen molar-refractivity contribution >= 4 is 67.2 Å². The fraction of sp³-hybridized carbons (Fsp3) is 0.119. The maximum Gasteiger partial charge on any atom is 0.0503 e. The van der Waals surface area contributed by atoms with Crippen molar-refractivity contribution in [1.29, 1.82) is 0 Å². The van der Waals surface area contributed by atoms with Crippen LogP contribution in [-0.4, -0.2) is 0 Å². The van der Waals surface area contributed by atoms with Gasteiger partial charge in [0.1, 0.15) is 0 Å². The van der Waals surface area contributed by atoms with Crippen LogP contribution in [0.3, 0.4) is 0 Å². The molecule has 1 N–H and O–H groups in total. The molecule has 10 rings (SSSR count). The van der Waals surface area contributed by atoms with Crippen molar-refractivity contribution < 1.29 is 0 Å². The van der Waals surface area contributed by atoms with Gasteiger partial charge in [0.25, 0.3) is 0 Å². The van der Waals surface area contributed by atoms with Crippen LogP contribution >= 0.6 is 0 Å². The van der Waals surface area contributed by atoms with E-state index in [4.69, 9.17) is 0 Å². The van der Waals surface area contributed by atoms with Crippen molar-refractivity contribution in [2.75, 3.05) is 10.2 Å². The normalized spacial score (nSPS) is 12.7. The highest BCUT2D eigenvalue weighted by molar-refractivity contribution is 6.09. The SMILES string of the molecule is C/C=C\c1ccccc1C.CC.CC1(C)c2ccccc2N(c2ccccc2)c2ccc(-c3ccc4c(ccc5cc(/C=C/Nc6ccc7ccccc7c6)ccc54)c3)cc21. The Bertz CT molecular complexity index is 3020. The first kappa shape index (κ1) is 40.6. The summed E-state index contributed by atoms with van der Waals surface area (Å²) in [5.41, 5.74) is 13.6. The minimum Gasteiger partial charge on any atom is -0.362 e. The number of hydrogen-bond donors (Lipinski definition) is 1. The number of para-hydroxylation sites is 2. The zero-order valence-corrected chi connectivity index (χ0v) is 36.2. The van der Waals surface area contributed by atoms with E-state index < -0.39 is 0 Å². The summed E-state index contributed by atoms with van der Waals surface area (Å²) in [4.78, 5) is 2.41. The number of hydrogen-bond acceptors (Lipinski definition) is 2. The zero-order chi connectivity index (χ0) is 42.3. The third kappa shape index (κ3) is 8.36. The van der Waals surface area contributed by atoms with Crippen LogP contribution in [0.25, 0.3) is 55.6 Å². The van der Waals surface area contributed by atoms with E-state index in [1.165, 1.54) is 88.3 Å². The molecule has 2 nitrogen and oxygen atoms in total. The molecule has 1 aliphatic heterocycles. The van der Waals surface area contributed by atoms with Gasteiger partial charge in [-0.3, -0.25) is 0 Å². The van der Waals surface area contributed by atoms with Crippen molar-refractivity contribution in [3.8, 4) is 11.1 Å². The van der Waals surface area contributed by atoms with E-state index in [1.807, 2.05) is 27.0 Å². The van der Waals surface area contributed by atoms with Crippen LogP contribution in [0.4, 0.5) is 22.7 Å². The van der Waals surface area contributed by atoms with Crippen LogP contribution in [0.2, 0.25) is 0 Å². The third-order valence-electron chi connectivity index (χ3n) is 11.7. The van der Waals surface area contributed by atoms with E-state index >= 15 is 0 Å². The number of nitrogens with one attached hydrogen (secondary N) is 1. The van der Waals surface area contributed by atoms with Crippen LogP contribution in [0.15, 0.2) is 200 Å². The van der Waals surface area contributed by atoms with Gasteiger partial charge in [0, 0.05) is 23.0 Å². The third-order valence-corrected chi connectivity index (χ3v) is 11.7. The molecule has 9 aromatic carbocycles. The van der Waals surface area contributed by atoms with Crippen molar-refractivity contribution in [3.63, 3.8) is 0 Å². The van der Waals surface area contributed by atoms with Gasteiger partial charge in [0.2, 0.25) is 0 Å². The Morgan fingerprint density at radius 2 is 1.11 bits per heavy atom. The first-order valence-corrected chi connectivity index (χ1v) is 21.5. The largest absolute Gasteiger partial charge is 0.362 e. The molecule has 61 heavy (non-hydrogen) atoms. The predicted octanol–water partition coefficient (Wildman–Crippen LogP) is 17.1. The summed E-state index contributed by atoms with van der Waals surface area (Å²) < 4.78 is 0. The summed E-state index contributed by atoms with van der Waals surface area (Å²) in [5, 5.41) is 11.0. The first-order chi connectivity index (χ1) is 29.9. The maximum atomic E-state index is 3.44. The first-order valence-electron chi connectivity index (χ1n) is 21.5. The van der Waals surface area contributed by atoms with Gasteiger partial charge in [-0.1, -0.05) is 173 Å². The quantitative estimate of drug-likeness (QED) is 0.169. The minimum atomic E-state index is -0.141. The molecule has 0 saturated heterocycles. The van der Waals surface area contributed by atoms with Crippen LogP contribution < -0.4 is 10.2 Å².